The van der Waals surface area contributed by atoms with E-state index >= 15 is 0 Å². The van der Waals surface area contributed by atoms with E-state index in [2.05, 4.69) is 16.0 Å². The number of benzene rings is 2. The molecule has 0 aliphatic heterocycles. The number of nitrogens with two attached hydrogens (primary N) is 1. The third kappa shape index (κ3) is 11.6. The zero-order valence-electron chi connectivity index (χ0n) is 32.0. The molecule has 0 unspecified atom stereocenters. The van der Waals surface area contributed by atoms with Crippen molar-refractivity contribution in [1.29, 1.82) is 0 Å². The van der Waals surface area contributed by atoms with E-state index in [4.69, 9.17) is 5.73 Å². The van der Waals surface area contributed by atoms with Crippen LogP contribution in [0.3, 0.4) is 0 Å². The lowest BCUT2D eigenvalue weighted by molar-refractivity contribution is -0.145. The molecule has 14 heteroatoms. The van der Waals surface area contributed by atoms with Crippen LogP contribution in [0.2, 0.25) is 0 Å². The van der Waals surface area contributed by atoms with Gasteiger partial charge in [-0.25, -0.2) is 0 Å². The summed E-state index contributed by atoms with van der Waals surface area (Å²) in [4.78, 5) is 95.6. The van der Waals surface area contributed by atoms with Gasteiger partial charge in [0.15, 0.2) is 11.6 Å². The lowest BCUT2D eigenvalue weighted by atomic mass is 9.84. The fourth-order valence-electron chi connectivity index (χ4n) is 6.13. The van der Waals surface area contributed by atoms with Gasteiger partial charge in [-0.05, 0) is 66.0 Å². The largest absolute Gasteiger partial charge is 0.508 e. The van der Waals surface area contributed by atoms with Crippen LogP contribution in [0.15, 0.2) is 54.1 Å². The number of rotatable bonds is 16. The van der Waals surface area contributed by atoms with Crippen molar-refractivity contribution in [3.05, 3.63) is 65.2 Å². The summed E-state index contributed by atoms with van der Waals surface area (Å²) in [5.41, 5.74) is 6.13. The van der Waals surface area contributed by atoms with Crippen molar-refractivity contribution >= 4 is 46.7 Å². The molecule has 1 aliphatic rings. The number of allylic oxidation sites excluding steroid dienone is 1. The van der Waals surface area contributed by atoms with Crippen molar-refractivity contribution in [2.75, 3.05) is 7.05 Å². The fourth-order valence-corrected chi connectivity index (χ4v) is 6.13. The fraction of sp³-hybridized carbons (Fsp3) is 0.475. The van der Waals surface area contributed by atoms with Gasteiger partial charge in [-0.2, -0.15) is 0 Å². The predicted molar refractivity (Wildman–Crippen MR) is 201 cm³/mol. The molecule has 0 spiro atoms. The Hall–Kier alpha value is -5.37. The van der Waals surface area contributed by atoms with E-state index in [1.165, 1.54) is 48.5 Å². The first-order valence-electron chi connectivity index (χ1n) is 18.2. The first kappa shape index (κ1) is 43.0. The minimum Gasteiger partial charge on any atom is -0.508 e. The van der Waals surface area contributed by atoms with E-state index < -0.39 is 76.8 Å². The molecular weight excluding hydrogens is 694 g/mol. The topological polar surface area (TPSA) is 225 Å². The smallest absolute Gasteiger partial charge is 0.264 e. The number of hydrogen-bond acceptors (Lipinski definition) is 10. The average molecular weight is 748 g/mol. The summed E-state index contributed by atoms with van der Waals surface area (Å²) >= 11 is 0. The van der Waals surface area contributed by atoms with Gasteiger partial charge in [0, 0.05) is 31.9 Å². The van der Waals surface area contributed by atoms with Crippen molar-refractivity contribution in [2.24, 2.45) is 23.5 Å². The monoisotopic (exact) mass is 747 g/mol. The van der Waals surface area contributed by atoms with Crippen molar-refractivity contribution < 1.29 is 43.8 Å². The minimum absolute atomic E-state index is 0.00917. The Morgan fingerprint density at radius 1 is 0.704 bits per heavy atom. The van der Waals surface area contributed by atoms with Gasteiger partial charge in [-0.1, -0.05) is 65.8 Å². The highest BCUT2D eigenvalue weighted by molar-refractivity contribution is 6.39. The number of carbonyl (C=O) groups is 7. The number of aromatic hydroxyl groups is 2. The Labute approximate surface area is 315 Å². The van der Waals surface area contributed by atoms with Gasteiger partial charge >= 0.3 is 0 Å². The maximum atomic E-state index is 14.2. The van der Waals surface area contributed by atoms with E-state index in [9.17, 15) is 43.8 Å². The summed E-state index contributed by atoms with van der Waals surface area (Å²) in [6, 6.07) is 6.79. The van der Waals surface area contributed by atoms with Gasteiger partial charge in [-0.3, -0.25) is 38.5 Å². The Bertz CT molecular complexity index is 1750. The van der Waals surface area contributed by atoms with E-state index in [0.717, 1.165) is 7.05 Å². The Kier molecular flexibility index (Phi) is 15.2. The quantitative estimate of drug-likeness (QED) is 0.138. The third-order valence-electron chi connectivity index (χ3n) is 9.03. The lowest BCUT2D eigenvalue weighted by Gasteiger charge is -2.30. The highest BCUT2D eigenvalue weighted by atomic mass is 16.3. The highest BCUT2D eigenvalue weighted by Gasteiger charge is 2.38. The number of imide groups is 1. The number of carbonyl (C=O) groups excluding carboxylic acids is 7. The molecule has 0 radical (unpaired) electrons. The standard InChI is InChI=1S/C40H53N5O9/c1-21(2)18-28(41)36(50)42-29(19-22(3)4)37(51)44-35(23(5)6)38(52)43-30(20-24-8-12-26(46)13-9-24)39(53)45(7)40(54)34-32(49)17-16-31(48)33(34)25-10-14-27(47)15-11-25/h8-15,21-23,28-30,35,46-47H,16-20,41H2,1-7H3,(H,42,50)(H,43,52)(H,44,51)/t28-,29-,30-,35-/m0/s1. The minimum atomic E-state index is -1.42. The molecule has 1 aliphatic carbocycles. The number of nitrogens with zero attached hydrogens (tertiary/aromatic N) is 1. The number of likely N-dealkylation sites (N-methyl/N-ethyl adjacent to an activating group) is 1. The average Bonchev–Trinajstić information content (AvgIpc) is 3.10. The number of amides is 5. The number of Topliss-reactive ketones (excluding diaryl/α,β-unsaturated/α-hetero) is 2. The van der Waals surface area contributed by atoms with E-state index in [0.29, 0.717) is 16.9 Å². The molecule has 0 aromatic heterocycles. The number of phenolic OH excluding ortho intramolecular Hbond substituents is 2. The molecule has 5 amide bonds. The maximum absolute atomic E-state index is 14.2. The Morgan fingerprint density at radius 3 is 1.76 bits per heavy atom. The molecule has 0 heterocycles. The molecule has 2 aromatic rings. The van der Waals surface area contributed by atoms with Crippen LogP contribution < -0.4 is 21.7 Å². The molecule has 4 atom stereocenters. The van der Waals surface area contributed by atoms with Crippen molar-refractivity contribution in [3.8, 4) is 11.5 Å². The first-order chi connectivity index (χ1) is 25.3. The summed E-state index contributed by atoms with van der Waals surface area (Å²) in [5.74, 6) is -5.46. The van der Waals surface area contributed by atoms with Crippen LogP contribution in [-0.4, -0.2) is 87.4 Å². The van der Waals surface area contributed by atoms with Crippen LogP contribution in [-0.2, 0) is 40.0 Å². The van der Waals surface area contributed by atoms with E-state index in [1.807, 2.05) is 27.7 Å². The second-order valence-electron chi connectivity index (χ2n) is 14.9. The lowest BCUT2D eigenvalue weighted by Crippen LogP contribution is -2.60. The molecule has 3 rings (SSSR count). The van der Waals surface area contributed by atoms with Crippen molar-refractivity contribution in [3.63, 3.8) is 0 Å². The molecule has 292 valence electrons. The summed E-state index contributed by atoms with van der Waals surface area (Å²) in [5, 5.41) is 27.7. The van der Waals surface area contributed by atoms with Gasteiger partial charge in [0.2, 0.25) is 17.7 Å². The zero-order chi connectivity index (χ0) is 40.4. The number of hydrogen-bond donors (Lipinski definition) is 6. The van der Waals surface area contributed by atoms with Crippen LogP contribution in [0.5, 0.6) is 11.5 Å². The molecular formula is C40H53N5O9. The van der Waals surface area contributed by atoms with Gasteiger partial charge < -0.3 is 31.9 Å². The van der Waals surface area contributed by atoms with Gasteiger partial charge in [-0.15, -0.1) is 0 Å². The van der Waals surface area contributed by atoms with Crippen molar-refractivity contribution in [2.45, 2.75) is 97.8 Å². The molecule has 0 bridgehead atoms. The third-order valence-corrected chi connectivity index (χ3v) is 9.03. The SMILES string of the molecule is CC(C)C[C@H](NC(=O)[C@@H](N)CC(C)C)C(=O)N[C@H](C(=O)N[C@@H](Cc1ccc(O)cc1)C(=O)N(C)C(=O)C1=C(c2ccc(O)cc2)C(=O)CCC1=O)C(C)C. The molecule has 54 heavy (non-hydrogen) atoms. The summed E-state index contributed by atoms with van der Waals surface area (Å²) in [7, 11) is 1.14. The van der Waals surface area contributed by atoms with Crippen LogP contribution >= 0.6 is 0 Å². The van der Waals surface area contributed by atoms with Crippen LogP contribution in [0.25, 0.3) is 5.57 Å². The van der Waals surface area contributed by atoms with Crippen LogP contribution in [0.1, 0.15) is 78.4 Å². The predicted octanol–water partition coefficient (Wildman–Crippen LogP) is 2.54. The number of nitrogens with one attached hydrogen (secondary N) is 3. The molecule has 0 saturated heterocycles. The summed E-state index contributed by atoms with van der Waals surface area (Å²) in [6.45, 7) is 11.0. The van der Waals surface area contributed by atoms with Crippen LogP contribution in [0.4, 0.5) is 0 Å². The van der Waals surface area contributed by atoms with E-state index in [1.54, 1.807) is 13.8 Å². The highest BCUT2D eigenvalue weighted by Crippen LogP contribution is 2.30. The second-order valence-corrected chi connectivity index (χ2v) is 14.9. The molecule has 14 nitrogen and oxygen atoms in total. The summed E-state index contributed by atoms with van der Waals surface area (Å²) < 4.78 is 0. The molecule has 0 saturated carbocycles. The number of phenols is 2. The molecule has 7 N–H and O–H groups in total. The summed E-state index contributed by atoms with van der Waals surface area (Å²) in [6.07, 6.45) is 0.132. The second kappa shape index (κ2) is 19.1. The number of ketones is 2. The van der Waals surface area contributed by atoms with Crippen molar-refractivity contribution in [1.82, 2.24) is 20.9 Å². The molecule has 0 fully saturated rings. The van der Waals surface area contributed by atoms with Gasteiger partial charge in [0.25, 0.3) is 11.8 Å². The van der Waals surface area contributed by atoms with Gasteiger partial charge in [0.05, 0.1) is 11.6 Å². The zero-order valence-corrected chi connectivity index (χ0v) is 32.0. The van der Waals surface area contributed by atoms with Crippen LogP contribution in [0, 0.1) is 17.8 Å². The first-order valence-corrected chi connectivity index (χ1v) is 18.2. The normalized spacial score (nSPS) is 15.5. The maximum Gasteiger partial charge on any atom is 0.264 e. The van der Waals surface area contributed by atoms with Gasteiger partial charge in [0.1, 0.15) is 29.6 Å². The Morgan fingerprint density at radius 2 is 1.22 bits per heavy atom. The van der Waals surface area contributed by atoms with E-state index in [-0.39, 0.29) is 60.2 Å². The Balaban J connectivity index is 1.95. The molecule has 2 aromatic carbocycles.